The van der Waals surface area contributed by atoms with Crippen molar-refractivity contribution < 1.29 is 19.1 Å². The summed E-state index contributed by atoms with van der Waals surface area (Å²) in [6.07, 6.45) is 1.97. The van der Waals surface area contributed by atoms with Gasteiger partial charge in [0.25, 0.3) is 5.91 Å². The predicted molar refractivity (Wildman–Crippen MR) is 72.8 cm³/mol. The topological polar surface area (TPSA) is 57.6 Å². The maximum Gasteiger partial charge on any atom is 0.308 e. The zero-order chi connectivity index (χ0) is 14.4. The number of carbonyl (C=O) groups is 2. The van der Waals surface area contributed by atoms with E-state index in [1.54, 1.807) is 11.0 Å². The fourth-order valence-electron chi connectivity index (χ4n) is 3.37. The first kappa shape index (κ1) is 13.5. The molecular formula is C14H13BrFNO3. The van der Waals surface area contributed by atoms with Crippen molar-refractivity contribution in [2.45, 2.75) is 31.3 Å². The number of amides is 1. The van der Waals surface area contributed by atoms with Gasteiger partial charge < -0.3 is 10.0 Å². The van der Waals surface area contributed by atoms with Gasteiger partial charge in [0.05, 0.1) is 11.5 Å². The molecule has 0 spiro atoms. The molecule has 3 atom stereocenters. The highest BCUT2D eigenvalue weighted by atomic mass is 79.9. The minimum Gasteiger partial charge on any atom is -0.481 e. The standard InChI is InChI=1S/C14H13BrFNO3/c15-7-1-3-9(11(16)5-7)13(18)17-8-2-4-12(17)10(6-8)14(19)20/h1,3,5,8,10,12H,2,4,6H2,(H,19,20). The van der Waals surface area contributed by atoms with E-state index in [1.165, 1.54) is 12.1 Å². The van der Waals surface area contributed by atoms with Gasteiger partial charge in [0.15, 0.2) is 0 Å². The monoisotopic (exact) mass is 341 g/mol. The van der Waals surface area contributed by atoms with Gasteiger partial charge >= 0.3 is 5.97 Å². The second kappa shape index (κ2) is 4.84. The molecule has 6 heteroatoms. The quantitative estimate of drug-likeness (QED) is 0.899. The maximum absolute atomic E-state index is 13.9. The Hall–Kier alpha value is -1.43. The van der Waals surface area contributed by atoms with Crippen LogP contribution < -0.4 is 0 Å². The molecule has 1 aromatic carbocycles. The van der Waals surface area contributed by atoms with Crippen molar-refractivity contribution in [2.24, 2.45) is 5.92 Å². The molecule has 106 valence electrons. The molecule has 3 rings (SSSR count). The number of carboxylic acids is 1. The van der Waals surface area contributed by atoms with Crippen LogP contribution in [0.2, 0.25) is 0 Å². The maximum atomic E-state index is 13.9. The van der Waals surface area contributed by atoms with Crippen LogP contribution in [0, 0.1) is 11.7 Å². The molecule has 0 saturated carbocycles. The Morgan fingerprint density at radius 3 is 2.70 bits per heavy atom. The third-order valence-electron chi connectivity index (χ3n) is 4.25. The Balaban J connectivity index is 1.90. The van der Waals surface area contributed by atoms with E-state index in [0.717, 1.165) is 6.42 Å². The summed E-state index contributed by atoms with van der Waals surface area (Å²) in [6.45, 7) is 0. The number of aliphatic carboxylic acids is 1. The number of hydrogen-bond donors (Lipinski definition) is 1. The summed E-state index contributed by atoms with van der Waals surface area (Å²) in [5.74, 6) is -2.36. The highest BCUT2D eigenvalue weighted by molar-refractivity contribution is 9.10. The van der Waals surface area contributed by atoms with Gasteiger partial charge in [-0.25, -0.2) is 4.39 Å². The van der Waals surface area contributed by atoms with E-state index in [4.69, 9.17) is 0 Å². The largest absolute Gasteiger partial charge is 0.481 e. The lowest BCUT2D eigenvalue weighted by Crippen LogP contribution is -2.38. The summed E-state index contributed by atoms with van der Waals surface area (Å²) in [6, 6.07) is 3.93. The molecular weight excluding hydrogens is 329 g/mol. The Bertz CT molecular complexity index is 592. The van der Waals surface area contributed by atoms with Crippen LogP contribution >= 0.6 is 15.9 Å². The number of fused-ring (bicyclic) bond motifs is 2. The number of halogens is 2. The molecule has 3 unspecified atom stereocenters. The van der Waals surface area contributed by atoms with Crippen LogP contribution in [-0.4, -0.2) is 34.0 Å². The SMILES string of the molecule is O=C(O)C1CC2CCC1N2C(=O)c1ccc(Br)cc1F. The minimum absolute atomic E-state index is 0.0103. The predicted octanol–water partition coefficient (Wildman–Crippen LogP) is 2.67. The van der Waals surface area contributed by atoms with Crippen molar-refractivity contribution in [3.05, 3.63) is 34.1 Å². The minimum atomic E-state index is -0.869. The van der Waals surface area contributed by atoms with E-state index >= 15 is 0 Å². The van der Waals surface area contributed by atoms with E-state index in [9.17, 15) is 19.1 Å². The second-order valence-electron chi connectivity index (χ2n) is 5.32. The lowest BCUT2D eigenvalue weighted by atomic mass is 9.89. The molecule has 2 aliphatic heterocycles. The Labute approximate surface area is 123 Å². The van der Waals surface area contributed by atoms with E-state index < -0.39 is 23.6 Å². The summed E-state index contributed by atoms with van der Waals surface area (Å²) in [7, 11) is 0. The molecule has 0 aromatic heterocycles. The van der Waals surface area contributed by atoms with Crippen LogP contribution in [0.3, 0.4) is 0 Å². The average Bonchev–Trinajstić information content (AvgIpc) is 2.95. The molecule has 1 amide bonds. The first-order valence-electron chi connectivity index (χ1n) is 6.49. The van der Waals surface area contributed by atoms with E-state index in [-0.39, 0.29) is 17.6 Å². The van der Waals surface area contributed by atoms with Gasteiger partial charge in [0.2, 0.25) is 0 Å². The van der Waals surface area contributed by atoms with Crippen LogP contribution in [0.25, 0.3) is 0 Å². The molecule has 2 saturated heterocycles. The third kappa shape index (κ3) is 2.02. The van der Waals surface area contributed by atoms with Crippen molar-refractivity contribution in [2.75, 3.05) is 0 Å². The van der Waals surface area contributed by atoms with Crippen molar-refractivity contribution in [1.82, 2.24) is 4.90 Å². The Morgan fingerprint density at radius 1 is 1.35 bits per heavy atom. The van der Waals surface area contributed by atoms with E-state index in [0.29, 0.717) is 17.3 Å². The summed E-state index contributed by atoms with van der Waals surface area (Å²) in [5, 5.41) is 9.18. The molecule has 20 heavy (non-hydrogen) atoms. The number of nitrogens with zero attached hydrogens (tertiary/aromatic N) is 1. The highest BCUT2D eigenvalue weighted by Gasteiger charge is 2.51. The van der Waals surface area contributed by atoms with Crippen LogP contribution in [0.1, 0.15) is 29.6 Å². The van der Waals surface area contributed by atoms with Crippen LogP contribution in [-0.2, 0) is 4.79 Å². The van der Waals surface area contributed by atoms with Gasteiger partial charge in [-0.05, 0) is 37.5 Å². The molecule has 2 bridgehead atoms. The number of hydrogen-bond acceptors (Lipinski definition) is 2. The van der Waals surface area contributed by atoms with Gasteiger partial charge in [-0.15, -0.1) is 0 Å². The summed E-state index contributed by atoms with van der Waals surface area (Å²) >= 11 is 3.15. The van der Waals surface area contributed by atoms with Crippen molar-refractivity contribution in [3.63, 3.8) is 0 Å². The molecule has 0 radical (unpaired) electrons. The Morgan fingerprint density at radius 2 is 2.10 bits per heavy atom. The third-order valence-corrected chi connectivity index (χ3v) is 4.74. The Kier molecular flexibility index (Phi) is 3.28. The van der Waals surface area contributed by atoms with Crippen molar-refractivity contribution in [3.8, 4) is 0 Å². The molecule has 1 aromatic rings. The van der Waals surface area contributed by atoms with Gasteiger partial charge in [-0.1, -0.05) is 15.9 Å². The first-order chi connectivity index (χ1) is 9.49. The number of carboxylic acid groups (broad SMARTS) is 1. The normalized spacial score (nSPS) is 27.9. The number of carbonyl (C=O) groups excluding carboxylic acids is 1. The zero-order valence-corrected chi connectivity index (χ0v) is 12.1. The lowest BCUT2D eigenvalue weighted by molar-refractivity contribution is -0.142. The van der Waals surface area contributed by atoms with Gasteiger partial charge in [0, 0.05) is 16.6 Å². The molecule has 2 fully saturated rings. The van der Waals surface area contributed by atoms with Gasteiger partial charge in [0.1, 0.15) is 5.82 Å². The molecule has 1 N–H and O–H groups in total. The van der Waals surface area contributed by atoms with E-state index in [2.05, 4.69) is 15.9 Å². The fourth-order valence-corrected chi connectivity index (χ4v) is 3.71. The highest BCUT2D eigenvalue weighted by Crippen LogP contribution is 2.42. The van der Waals surface area contributed by atoms with Crippen LogP contribution in [0.15, 0.2) is 22.7 Å². The fraction of sp³-hybridized carbons (Fsp3) is 0.429. The van der Waals surface area contributed by atoms with Gasteiger partial charge in [-0.2, -0.15) is 0 Å². The van der Waals surface area contributed by atoms with Crippen molar-refractivity contribution >= 4 is 27.8 Å². The summed E-state index contributed by atoms with van der Waals surface area (Å²) < 4.78 is 14.5. The molecule has 0 aliphatic carbocycles. The smallest absolute Gasteiger partial charge is 0.308 e. The number of benzene rings is 1. The molecule has 2 heterocycles. The second-order valence-corrected chi connectivity index (χ2v) is 6.23. The van der Waals surface area contributed by atoms with Crippen LogP contribution in [0.5, 0.6) is 0 Å². The number of rotatable bonds is 2. The zero-order valence-electron chi connectivity index (χ0n) is 10.6. The average molecular weight is 342 g/mol. The first-order valence-corrected chi connectivity index (χ1v) is 7.29. The molecule has 2 aliphatic rings. The van der Waals surface area contributed by atoms with Crippen LogP contribution in [0.4, 0.5) is 4.39 Å². The summed E-state index contributed by atoms with van der Waals surface area (Å²) in [4.78, 5) is 25.2. The van der Waals surface area contributed by atoms with Gasteiger partial charge in [-0.3, -0.25) is 9.59 Å². The summed E-state index contributed by atoms with van der Waals surface area (Å²) in [5.41, 5.74) is 0.0103. The molecule has 4 nitrogen and oxygen atoms in total. The lowest BCUT2D eigenvalue weighted by Gasteiger charge is -2.23. The van der Waals surface area contributed by atoms with E-state index in [1.807, 2.05) is 0 Å². The van der Waals surface area contributed by atoms with Crippen molar-refractivity contribution in [1.29, 1.82) is 0 Å².